The number of hydrogen-bond donors (Lipinski definition) is 0. The fourth-order valence-electron chi connectivity index (χ4n) is 2.16. The third-order valence-corrected chi connectivity index (χ3v) is 3.50. The predicted molar refractivity (Wildman–Crippen MR) is 80.8 cm³/mol. The van der Waals surface area contributed by atoms with E-state index in [4.69, 9.17) is 9.47 Å². The van der Waals surface area contributed by atoms with Crippen molar-refractivity contribution in [2.75, 3.05) is 19.8 Å². The third-order valence-electron chi connectivity index (χ3n) is 3.50. The number of hydrogen-bond acceptors (Lipinski definition) is 5. The lowest BCUT2D eigenvalue weighted by Gasteiger charge is -2.04. The Bertz CT molecular complexity index is 698. The van der Waals surface area contributed by atoms with Gasteiger partial charge in [0.15, 0.2) is 5.82 Å². The molecule has 1 aliphatic rings. The molecule has 2 aromatic rings. The van der Waals surface area contributed by atoms with Crippen LogP contribution in [0.5, 0.6) is 6.01 Å². The van der Waals surface area contributed by atoms with E-state index in [2.05, 4.69) is 10.1 Å². The smallest absolute Gasteiger partial charge is 0.336 e. The minimum absolute atomic E-state index is 0.0527. The summed E-state index contributed by atoms with van der Waals surface area (Å²) in [7, 11) is 0. The molecule has 0 aliphatic heterocycles. The lowest BCUT2D eigenvalue weighted by Crippen LogP contribution is -2.16. The summed E-state index contributed by atoms with van der Waals surface area (Å²) < 4.78 is 25.8. The minimum Gasteiger partial charge on any atom is -0.460 e. The lowest BCUT2D eigenvalue weighted by molar-refractivity contribution is 0.0865. The zero-order valence-corrected chi connectivity index (χ0v) is 12.9. The Labute approximate surface area is 133 Å². The van der Waals surface area contributed by atoms with Crippen LogP contribution in [-0.4, -0.2) is 40.5 Å². The van der Waals surface area contributed by atoms with Crippen LogP contribution in [0.3, 0.4) is 0 Å². The molecule has 0 amide bonds. The first-order valence-electron chi connectivity index (χ1n) is 7.67. The van der Waals surface area contributed by atoms with Crippen LogP contribution in [0, 0.1) is 11.7 Å². The van der Waals surface area contributed by atoms with Crippen molar-refractivity contribution in [1.82, 2.24) is 14.8 Å². The summed E-state index contributed by atoms with van der Waals surface area (Å²) in [6.07, 6.45) is 1.66. The molecular formula is C16H18FN3O3. The fourth-order valence-corrected chi connectivity index (χ4v) is 2.16. The van der Waals surface area contributed by atoms with Crippen LogP contribution >= 0.6 is 0 Å². The van der Waals surface area contributed by atoms with Gasteiger partial charge in [-0.15, -0.1) is 5.10 Å². The summed E-state index contributed by atoms with van der Waals surface area (Å²) in [5.74, 6) is -0.508. The molecule has 0 N–H and O–H groups in total. The van der Waals surface area contributed by atoms with Crippen LogP contribution in [0.25, 0.3) is 11.4 Å². The van der Waals surface area contributed by atoms with E-state index in [0.717, 1.165) is 17.5 Å². The molecule has 1 aliphatic carbocycles. The van der Waals surface area contributed by atoms with Crippen LogP contribution in [0.15, 0.2) is 24.3 Å². The summed E-state index contributed by atoms with van der Waals surface area (Å²) >= 11 is 0. The topological polar surface area (TPSA) is 66.2 Å². The van der Waals surface area contributed by atoms with E-state index in [1.54, 1.807) is 18.2 Å². The minimum atomic E-state index is -0.453. The molecule has 0 bridgehead atoms. The standard InChI is InChI=1S/C16H18FN3O3/c1-2-22-9-10-23-16-18-14(12-5-3-4-6-13(12)17)20(19-16)15(21)11-7-8-11/h3-6,11H,2,7-10H2,1H3. The van der Waals surface area contributed by atoms with E-state index >= 15 is 0 Å². The highest BCUT2D eigenvalue weighted by molar-refractivity contribution is 5.86. The van der Waals surface area contributed by atoms with Crippen molar-refractivity contribution in [3.8, 4) is 17.4 Å². The molecule has 0 atom stereocenters. The second-order valence-electron chi connectivity index (χ2n) is 5.27. The first-order valence-corrected chi connectivity index (χ1v) is 7.67. The first-order chi connectivity index (χ1) is 11.2. The van der Waals surface area contributed by atoms with Crippen LogP contribution in [-0.2, 0) is 4.74 Å². The molecule has 1 saturated carbocycles. The molecule has 1 aromatic heterocycles. The molecule has 1 aromatic carbocycles. The lowest BCUT2D eigenvalue weighted by atomic mass is 10.2. The molecule has 23 heavy (non-hydrogen) atoms. The van der Waals surface area contributed by atoms with Crippen LogP contribution in [0.2, 0.25) is 0 Å². The molecule has 0 spiro atoms. The molecule has 7 heteroatoms. The highest BCUT2D eigenvalue weighted by atomic mass is 19.1. The van der Waals surface area contributed by atoms with Crippen molar-refractivity contribution < 1.29 is 18.7 Å². The number of halogens is 1. The third kappa shape index (κ3) is 3.56. The van der Waals surface area contributed by atoms with Gasteiger partial charge in [-0.25, -0.2) is 4.39 Å². The number of rotatable bonds is 7. The summed E-state index contributed by atoms with van der Waals surface area (Å²) in [6.45, 7) is 3.15. The van der Waals surface area contributed by atoms with Crippen molar-refractivity contribution >= 4 is 5.91 Å². The fraction of sp³-hybridized carbons (Fsp3) is 0.438. The number of benzene rings is 1. The summed E-state index contributed by atoms with van der Waals surface area (Å²) in [4.78, 5) is 16.5. The van der Waals surface area contributed by atoms with E-state index in [1.807, 2.05) is 6.92 Å². The Balaban J connectivity index is 1.88. The molecular weight excluding hydrogens is 301 g/mol. The molecule has 1 fully saturated rings. The Kier molecular flexibility index (Phi) is 4.66. The average Bonchev–Trinajstić information content (AvgIpc) is 3.32. The van der Waals surface area contributed by atoms with E-state index in [0.29, 0.717) is 13.2 Å². The number of carbonyl (C=O) groups excluding carboxylic acids is 1. The van der Waals surface area contributed by atoms with Crippen molar-refractivity contribution in [3.05, 3.63) is 30.1 Å². The van der Waals surface area contributed by atoms with Crippen molar-refractivity contribution in [2.45, 2.75) is 19.8 Å². The van der Waals surface area contributed by atoms with Gasteiger partial charge in [0.05, 0.1) is 12.2 Å². The zero-order chi connectivity index (χ0) is 16.2. The van der Waals surface area contributed by atoms with Gasteiger partial charge in [-0.2, -0.15) is 9.67 Å². The van der Waals surface area contributed by atoms with Crippen LogP contribution in [0.4, 0.5) is 4.39 Å². The molecule has 122 valence electrons. The van der Waals surface area contributed by atoms with Crippen molar-refractivity contribution in [1.29, 1.82) is 0 Å². The number of ether oxygens (including phenoxy) is 2. The van der Waals surface area contributed by atoms with E-state index in [-0.39, 0.29) is 35.8 Å². The van der Waals surface area contributed by atoms with Gasteiger partial charge in [-0.1, -0.05) is 12.1 Å². The monoisotopic (exact) mass is 319 g/mol. The normalized spacial score (nSPS) is 14.0. The van der Waals surface area contributed by atoms with E-state index < -0.39 is 5.82 Å². The van der Waals surface area contributed by atoms with Gasteiger partial charge in [-0.05, 0) is 31.9 Å². The molecule has 0 saturated heterocycles. The summed E-state index contributed by atoms with van der Waals surface area (Å²) in [5, 5.41) is 4.10. The van der Waals surface area contributed by atoms with Gasteiger partial charge < -0.3 is 9.47 Å². The van der Waals surface area contributed by atoms with Crippen LogP contribution in [0.1, 0.15) is 24.6 Å². The largest absolute Gasteiger partial charge is 0.460 e. The van der Waals surface area contributed by atoms with Gasteiger partial charge in [0.25, 0.3) is 5.91 Å². The number of carbonyl (C=O) groups is 1. The van der Waals surface area contributed by atoms with Gasteiger partial charge in [0.1, 0.15) is 12.4 Å². The quantitative estimate of drug-likeness (QED) is 0.734. The molecule has 3 rings (SSSR count). The first kappa shape index (κ1) is 15.6. The second kappa shape index (κ2) is 6.87. The Morgan fingerprint density at radius 2 is 2.13 bits per heavy atom. The zero-order valence-electron chi connectivity index (χ0n) is 12.9. The maximum atomic E-state index is 14.0. The highest BCUT2D eigenvalue weighted by Gasteiger charge is 2.34. The van der Waals surface area contributed by atoms with Gasteiger partial charge in [0.2, 0.25) is 0 Å². The predicted octanol–water partition coefficient (Wildman–Crippen LogP) is 2.55. The Morgan fingerprint density at radius 3 is 2.83 bits per heavy atom. The van der Waals surface area contributed by atoms with Gasteiger partial charge >= 0.3 is 6.01 Å². The highest BCUT2D eigenvalue weighted by Crippen LogP contribution is 2.32. The SMILES string of the molecule is CCOCCOc1nc(-c2ccccc2F)n(C(=O)C2CC2)n1. The molecule has 0 unspecified atom stereocenters. The summed E-state index contributed by atoms with van der Waals surface area (Å²) in [5.41, 5.74) is 0.230. The molecule has 0 radical (unpaired) electrons. The Morgan fingerprint density at radius 1 is 1.35 bits per heavy atom. The second-order valence-corrected chi connectivity index (χ2v) is 5.27. The summed E-state index contributed by atoms with van der Waals surface area (Å²) in [6, 6.07) is 6.22. The van der Waals surface area contributed by atoms with Crippen molar-refractivity contribution in [3.63, 3.8) is 0 Å². The average molecular weight is 319 g/mol. The van der Waals surface area contributed by atoms with E-state index in [1.165, 1.54) is 6.07 Å². The van der Waals surface area contributed by atoms with Crippen LogP contribution < -0.4 is 4.74 Å². The maximum absolute atomic E-state index is 14.0. The Hall–Kier alpha value is -2.28. The van der Waals surface area contributed by atoms with Crippen molar-refractivity contribution in [2.24, 2.45) is 5.92 Å². The molecule has 1 heterocycles. The number of nitrogens with zero attached hydrogens (tertiary/aromatic N) is 3. The molecule has 6 nitrogen and oxygen atoms in total. The van der Waals surface area contributed by atoms with Gasteiger partial charge in [0, 0.05) is 12.5 Å². The maximum Gasteiger partial charge on any atom is 0.336 e. The van der Waals surface area contributed by atoms with Gasteiger partial charge in [-0.3, -0.25) is 4.79 Å². The number of aromatic nitrogens is 3. The van der Waals surface area contributed by atoms with E-state index in [9.17, 15) is 9.18 Å².